The van der Waals surface area contributed by atoms with E-state index in [0.29, 0.717) is 17.3 Å². The Hall–Kier alpha value is -0.790. The highest BCUT2D eigenvalue weighted by molar-refractivity contribution is 5.69. The summed E-state index contributed by atoms with van der Waals surface area (Å²) >= 11 is 0. The van der Waals surface area contributed by atoms with Crippen molar-refractivity contribution in [2.45, 2.75) is 215 Å². The van der Waals surface area contributed by atoms with Gasteiger partial charge in [0, 0.05) is 6.42 Å². The maximum absolute atomic E-state index is 12.8. The third-order valence-electron chi connectivity index (χ3n) is 15.5. The molecule has 0 saturated heterocycles. The highest BCUT2D eigenvalue weighted by Gasteiger charge is 2.60. The van der Waals surface area contributed by atoms with Crippen LogP contribution in [0.3, 0.4) is 0 Å². The molecule has 4 rings (SSSR count). The highest BCUT2D eigenvalue weighted by atomic mass is 16.5. The van der Waals surface area contributed by atoms with Gasteiger partial charge in [-0.1, -0.05) is 125 Å². The lowest BCUT2D eigenvalue weighted by Gasteiger charge is -2.61. The Morgan fingerprint density at radius 1 is 0.708 bits per heavy atom. The molecule has 4 saturated carbocycles. The van der Waals surface area contributed by atoms with Gasteiger partial charge in [-0.15, -0.1) is 0 Å². The zero-order chi connectivity index (χ0) is 34.6. The first-order chi connectivity index (χ1) is 23.1. The van der Waals surface area contributed by atoms with E-state index < -0.39 is 0 Å². The zero-order valence-corrected chi connectivity index (χ0v) is 33.3. The van der Waals surface area contributed by atoms with Crippen LogP contribution >= 0.6 is 0 Å². The largest absolute Gasteiger partial charge is 0.462 e. The molecule has 0 aromatic heterocycles. The summed E-state index contributed by atoms with van der Waals surface area (Å²) in [5.74, 6) is 7.10. The summed E-state index contributed by atoms with van der Waals surface area (Å²) < 4.78 is 6.17. The number of carbonyl (C=O) groups is 1. The molecule has 0 N–H and O–H groups in total. The van der Waals surface area contributed by atoms with E-state index in [0.717, 1.165) is 66.6 Å². The van der Waals surface area contributed by atoms with Crippen LogP contribution in [0.1, 0.15) is 209 Å². The number of ether oxygens (including phenoxy) is 1. The SMILES string of the molecule is CCCCCCCCC=CCCCCCCCC(=O)OC1CC[C@@]2(C)C(CC[C@H]3[C@@H]4CC[C@H]([C@H](C)CC[C@@H](C)C(C)C)[C@@]4(C)CC[C@@H]32)C1. The fraction of sp³-hybridized carbons (Fsp3) is 0.935. The number of carbonyl (C=O) groups excluding carboxylic acids is 1. The van der Waals surface area contributed by atoms with E-state index in [2.05, 4.69) is 60.6 Å². The summed E-state index contributed by atoms with van der Waals surface area (Å²) in [5, 5.41) is 0. The number of unbranched alkanes of at least 4 members (excludes halogenated alkanes) is 11. The van der Waals surface area contributed by atoms with E-state index in [4.69, 9.17) is 4.74 Å². The Balaban J connectivity index is 1.11. The van der Waals surface area contributed by atoms with Crippen LogP contribution in [0.2, 0.25) is 0 Å². The molecule has 0 aromatic rings. The predicted octanol–water partition coefficient (Wildman–Crippen LogP) is 14.3. The van der Waals surface area contributed by atoms with Crippen LogP contribution in [0.5, 0.6) is 0 Å². The average molecular weight is 667 g/mol. The lowest BCUT2D eigenvalue weighted by atomic mass is 9.44. The molecule has 4 aliphatic carbocycles. The molecule has 2 heteroatoms. The molecule has 48 heavy (non-hydrogen) atoms. The van der Waals surface area contributed by atoms with Crippen molar-refractivity contribution in [3.8, 4) is 0 Å². The fourth-order valence-corrected chi connectivity index (χ4v) is 11.9. The summed E-state index contributed by atoms with van der Waals surface area (Å²) in [4.78, 5) is 12.8. The van der Waals surface area contributed by atoms with Gasteiger partial charge in [0.2, 0.25) is 0 Å². The summed E-state index contributed by atoms with van der Waals surface area (Å²) in [6.07, 6.45) is 37.4. The van der Waals surface area contributed by atoms with Crippen LogP contribution in [0.15, 0.2) is 12.2 Å². The van der Waals surface area contributed by atoms with Gasteiger partial charge in [0.05, 0.1) is 0 Å². The van der Waals surface area contributed by atoms with E-state index >= 15 is 0 Å². The number of hydrogen-bond donors (Lipinski definition) is 0. The van der Waals surface area contributed by atoms with Gasteiger partial charge >= 0.3 is 5.97 Å². The van der Waals surface area contributed by atoms with Crippen LogP contribution in [-0.2, 0) is 9.53 Å². The van der Waals surface area contributed by atoms with Crippen molar-refractivity contribution in [2.24, 2.45) is 58.2 Å². The predicted molar refractivity (Wildman–Crippen MR) is 207 cm³/mol. The first kappa shape index (κ1) is 40.0. The van der Waals surface area contributed by atoms with Crippen molar-refractivity contribution < 1.29 is 9.53 Å². The number of rotatable bonds is 21. The fourth-order valence-electron chi connectivity index (χ4n) is 11.9. The lowest BCUT2D eigenvalue weighted by molar-refractivity contribution is -0.162. The second-order valence-electron chi connectivity index (χ2n) is 18.9. The second kappa shape index (κ2) is 19.7. The Kier molecular flexibility index (Phi) is 16.4. The first-order valence-corrected chi connectivity index (χ1v) is 21.9. The second-order valence-corrected chi connectivity index (χ2v) is 18.9. The third-order valence-corrected chi connectivity index (χ3v) is 15.5. The Morgan fingerprint density at radius 3 is 2.02 bits per heavy atom. The number of esters is 1. The van der Waals surface area contributed by atoms with Gasteiger partial charge in [0.25, 0.3) is 0 Å². The van der Waals surface area contributed by atoms with Gasteiger partial charge in [-0.3, -0.25) is 4.79 Å². The molecule has 0 aromatic carbocycles. The molecule has 0 heterocycles. The molecule has 10 atom stereocenters. The molecule has 0 spiro atoms. The molecule has 4 fully saturated rings. The Morgan fingerprint density at radius 2 is 1.33 bits per heavy atom. The zero-order valence-electron chi connectivity index (χ0n) is 33.3. The normalized spacial score (nSPS) is 34.5. The van der Waals surface area contributed by atoms with Crippen LogP contribution in [-0.4, -0.2) is 12.1 Å². The number of allylic oxidation sites excluding steroid dienone is 2. The average Bonchev–Trinajstić information content (AvgIpc) is 3.42. The van der Waals surface area contributed by atoms with Crippen LogP contribution < -0.4 is 0 Å². The van der Waals surface area contributed by atoms with E-state index in [-0.39, 0.29) is 12.1 Å². The Labute approximate surface area is 300 Å². The van der Waals surface area contributed by atoms with Gasteiger partial charge in [-0.05, 0) is 148 Å². The van der Waals surface area contributed by atoms with Gasteiger partial charge in [-0.25, -0.2) is 0 Å². The summed E-state index contributed by atoms with van der Waals surface area (Å²) in [6.45, 7) is 17.6. The topological polar surface area (TPSA) is 26.3 Å². The van der Waals surface area contributed by atoms with Crippen LogP contribution in [0, 0.1) is 58.2 Å². The minimum atomic E-state index is 0.0808. The first-order valence-electron chi connectivity index (χ1n) is 21.9. The molecule has 4 aliphatic rings. The molecular formula is C46H82O2. The summed E-state index contributed by atoms with van der Waals surface area (Å²) in [7, 11) is 0. The summed E-state index contributed by atoms with van der Waals surface area (Å²) in [5.41, 5.74) is 1.04. The molecule has 0 amide bonds. The molecular weight excluding hydrogens is 585 g/mol. The minimum absolute atomic E-state index is 0.0808. The summed E-state index contributed by atoms with van der Waals surface area (Å²) in [6, 6.07) is 0. The molecule has 2 nitrogen and oxygen atoms in total. The van der Waals surface area contributed by atoms with Crippen molar-refractivity contribution in [2.75, 3.05) is 0 Å². The standard InChI is InChI=1S/C46H82O2/c1-8-9-10-11-12-13-14-15-16-17-18-19-20-21-22-23-44(47)48-39-30-32-45(6)38(34-39)26-27-40-42-29-28-41(46(42,7)33-31-43(40)45)37(5)25-24-36(4)35(2)3/h15-16,35-43H,8-14,17-34H2,1-7H3/t36-,37-,38?,39?,40+,41-,42+,43+,45+,46-/m1/s1. The molecule has 2 unspecified atom stereocenters. The van der Waals surface area contributed by atoms with Gasteiger partial charge in [-0.2, -0.15) is 0 Å². The molecule has 278 valence electrons. The molecule has 0 radical (unpaired) electrons. The smallest absolute Gasteiger partial charge is 0.306 e. The maximum Gasteiger partial charge on any atom is 0.306 e. The highest BCUT2D eigenvalue weighted by Crippen LogP contribution is 2.68. The lowest BCUT2D eigenvalue weighted by Crippen LogP contribution is -2.54. The van der Waals surface area contributed by atoms with Crippen LogP contribution in [0.25, 0.3) is 0 Å². The van der Waals surface area contributed by atoms with E-state index in [9.17, 15) is 4.79 Å². The van der Waals surface area contributed by atoms with Crippen molar-refractivity contribution in [3.63, 3.8) is 0 Å². The Bertz CT molecular complexity index is 952. The monoisotopic (exact) mass is 667 g/mol. The molecule has 0 aliphatic heterocycles. The van der Waals surface area contributed by atoms with Crippen LogP contribution in [0.4, 0.5) is 0 Å². The number of hydrogen-bond acceptors (Lipinski definition) is 2. The maximum atomic E-state index is 12.8. The van der Waals surface area contributed by atoms with Gasteiger partial charge in [0.15, 0.2) is 0 Å². The third kappa shape index (κ3) is 10.6. The van der Waals surface area contributed by atoms with Crippen molar-refractivity contribution in [1.29, 1.82) is 0 Å². The van der Waals surface area contributed by atoms with E-state index in [1.165, 1.54) is 135 Å². The quantitative estimate of drug-likeness (QED) is 0.0692. The van der Waals surface area contributed by atoms with Crippen molar-refractivity contribution >= 4 is 5.97 Å². The van der Waals surface area contributed by atoms with E-state index in [1.54, 1.807) is 0 Å². The van der Waals surface area contributed by atoms with Gasteiger partial charge in [0.1, 0.15) is 6.10 Å². The van der Waals surface area contributed by atoms with Gasteiger partial charge < -0.3 is 4.74 Å². The van der Waals surface area contributed by atoms with Crippen molar-refractivity contribution in [3.05, 3.63) is 12.2 Å². The van der Waals surface area contributed by atoms with Crippen molar-refractivity contribution in [1.82, 2.24) is 0 Å². The molecule has 0 bridgehead atoms. The minimum Gasteiger partial charge on any atom is -0.462 e. The van der Waals surface area contributed by atoms with E-state index in [1.807, 2.05) is 0 Å². The number of fused-ring (bicyclic) bond motifs is 5.